The van der Waals surface area contributed by atoms with Gasteiger partial charge in [-0.05, 0) is 13.0 Å². The molecule has 0 bridgehead atoms. The Morgan fingerprint density at radius 1 is 1.41 bits per heavy atom. The summed E-state index contributed by atoms with van der Waals surface area (Å²) in [5.74, 6) is 0.579. The third-order valence-corrected chi connectivity index (χ3v) is 5.44. The lowest BCUT2D eigenvalue weighted by Crippen LogP contribution is -2.26. The fraction of sp³-hybridized carbons (Fsp3) is 0.700. The third kappa shape index (κ3) is 3.74. The SMILES string of the molecule is NCc1nc(CN2CCCS(=O)(=O)CC2)cs1. The van der Waals surface area contributed by atoms with E-state index in [0.29, 0.717) is 18.8 Å². The molecule has 0 unspecified atom stereocenters. The third-order valence-electron chi connectivity index (χ3n) is 2.81. The first-order chi connectivity index (χ1) is 8.09. The minimum Gasteiger partial charge on any atom is -0.325 e. The molecular weight excluding hydrogens is 258 g/mol. The smallest absolute Gasteiger partial charge is 0.151 e. The van der Waals surface area contributed by atoms with Crippen LogP contribution in [0.1, 0.15) is 17.1 Å². The Morgan fingerprint density at radius 3 is 2.94 bits per heavy atom. The highest BCUT2D eigenvalue weighted by Gasteiger charge is 2.19. The van der Waals surface area contributed by atoms with Gasteiger partial charge < -0.3 is 5.73 Å². The molecule has 2 heterocycles. The number of hydrogen-bond donors (Lipinski definition) is 1. The van der Waals surface area contributed by atoms with E-state index in [1.54, 1.807) is 11.3 Å². The summed E-state index contributed by atoms with van der Waals surface area (Å²) in [6.45, 7) is 2.64. The van der Waals surface area contributed by atoms with E-state index < -0.39 is 9.84 Å². The van der Waals surface area contributed by atoms with Gasteiger partial charge in [0.05, 0.1) is 17.2 Å². The van der Waals surface area contributed by atoms with Crippen molar-refractivity contribution in [1.29, 1.82) is 0 Å². The van der Waals surface area contributed by atoms with Crippen LogP contribution in [0.15, 0.2) is 5.38 Å². The zero-order valence-electron chi connectivity index (χ0n) is 9.63. The van der Waals surface area contributed by atoms with E-state index in [0.717, 1.165) is 30.2 Å². The van der Waals surface area contributed by atoms with E-state index in [9.17, 15) is 8.42 Å². The molecule has 1 aromatic heterocycles. The minimum absolute atomic E-state index is 0.265. The van der Waals surface area contributed by atoms with Gasteiger partial charge >= 0.3 is 0 Å². The summed E-state index contributed by atoms with van der Waals surface area (Å²) in [6, 6.07) is 0. The number of nitrogens with zero attached hydrogens (tertiary/aromatic N) is 2. The Hall–Kier alpha value is -0.500. The van der Waals surface area contributed by atoms with Gasteiger partial charge in [0.1, 0.15) is 5.01 Å². The fourth-order valence-corrected chi connectivity index (χ4v) is 3.87. The average molecular weight is 275 g/mol. The summed E-state index contributed by atoms with van der Waals surface area (Å²) in [5, 5.41) is 2.93. The zero-order chi connectivity index (χ0) is 12.3. The summed E-state index contributed by atoms with van der Waals surface area (Å²) < 4.78 is 22.9. The van der Waals surface area contributed by atoms with E-state index in [1.165, 1.54) is 0 Å². The lowest BCUT2D eigenvalue weighted by molar-refractivity contribution is 0.284. The maximum absolute atomic E-state index is 11.5. The molecule has 0 radical (unpaired) electrons. The molecule has 2 rings (SSSR count). The van der Waals surface area contributed by atoms with Gasteiger partial charge in [0.15, 0.2) is 9.84 Å². The molecule has 1 aromatic rings. The van der Waals surface area contributed by atoms with Gasteiger partial charge in [0.2, 0.25) is 0 Å². The minimum atomic E-state index is -2.82. The maximum atomic E-state index is 11.5. The van der Waals surface area contributed by atoms with Crippen LogP contribution in [-0.2, 0) is 22.9 Å². The van der Waals surface area contributed by atoms with Crippen LogP contribution in [0.4, 0.5) is 0 Å². The molecule has 1 aliphatic rings. The zero-order valence-corrected chi connectivity index (χ0v) is 11.3. The number of sulfone groups is 1. The summed E-state index contributed by atoms with van der Waals surface area (Å²) >= 11 is 1.56. The summed E-state index contributed by atoms with van der Waals surface area (Å²) in [4.78, 5) is 6.54. The number of hydrogen-bond acceptors (Lipinski definition) is 6. The number of rotatable bonds is 3. The molecule has 17 heavy (non-hydrogen) atoms. The Morgan fingerprint density at radius 2 is 2.24 bits per heavy atom. The van der Waals surface area contributed by atoms with Crippen LogP contribution < -0.4 is 5.73 Å². The van der Waals surface area contributed by atoms with Crippen molar-refractivity contribution in [3.63, 3.8) is 0 Å². The van der Waals surface area contributed by atoms with Crippen molar-refractivity contribution in [2.75, 3.05) is 24.6 Å². The van der Waals surface area contributed by atoms with Crippen LogP contribution in [0.2, 0.25) is 0 Å². The van der Waals surface area contributed by atoms with E-state index in [2.05, 4.69) is 9.88 Å². The highest BCUT2D eigenvalue weighted by atomic mass is 32.2. The highest BCUT2D eigenvalue weighted by molar-refractivity contribution is 7.91. The molecule has 2 N–H and O–H groups in total. The molecule has 0 atom stereocenters. The molecule has 0 amide bonds. The van der Waals surface area contributed by atoms with Gasteiger partial charge in [0.25, 0.3) is 0 Å². The molecule has 0 aliphatic carbocycles. The van der Waals surface area contributed by atoms with Gasteiger partial charge in [-0.15, -0.1) is 11.3 Å². The van der Waals surface area contributed by atoms with Gasteiger partial charge in [-0.2, -0.15) is 0 Å². The van der Waals surface area contributed by atoms with Crippen molar-refractivity contribution < 1.29 is 8.42 Å². The molecule has 7 heteroatoms. The van der Waals surface area contributed by atoms with Crippen molar-refractivity contribution in [3.05, 3.63) is 16.1 Å². The fourth-order valence-electron chi connectivity index (χ4n) is 1.89. The highest BCUT2D eigenvalue weighted by Crippen LogP contribution is 2.13. The lowest BCUT2D eigenvalue weighted by Gasteiger charge is -2.17. The molecule has 5 nitrogen and oxygen atoms in total. The summed E-state index contributed by atoms with van der Waals surface area (Å²) in [6.07, 6.45) is 0.718. The predicted molar refractivity (Wildman–Crippen MR) is 68.6 cm³/mol. The van der Waals surface area contributed by atoms with Crippen molar-refractivity contribution in [2.24, 2.45) is 5.73 Å². The van der Waals surface area contributed by atoms with Crippen molar-refractivity contribution in [2.45, 2.75) is 19.5 Å². The van der Waals surface area contributed by atoms with Crippen LogP contribution >= 0.6 is 11.3 Å². The second-order valence-corrected chi connectivity index (χ2v) is 7.46. The molecule has 0 spiro atoms. The van der Waals surface area contributed by atoms with Crippen molar-refractivity contribution in [3.8, 4) is 0 Å². The second kappa shape index (κ2) is 5.43. The molecular formula is C10H17N3O2S2. The monoisotopic (exact) mass is 275 g/mol. The van der Waals surface area contributed by atoms with E-state index in [4.69, 9.17) is 5.73 Å². The first-order valence-corrected chi connectivity index (χ1v) is 8.35. The largest absolute Gasteiger partial charge is 0.325 e. The Labute approximate surface area is 106 Å². The van der Waals surface area contributed by atoms with Gasteiger partial charge in [-0.3, -0.25) is 4.90 Å². The first kappa shape index (κ1) is 12.9. The lowest BCUT2D eigenvalue weighted by atomic mass is 10.3. The van der Waals surface area contributed by atoms with Crippen molar-refractivity contribution >= 4 is 21.2 Å². The van der Waals surface area contributed by atoms with Crippen LogP contribution in [0.5, 0.6) is 0 Å². The number of thiazole rings is 1. The standard InChI is InChI=1S/C10H17N3O2S2/c11-6-10-12-9(8-16-10)7-13-2-1-4-17(14,15)5-3-13/h8H,1-7,11H2. The normalized spacial score (nSPS) is 21.2. The molecule has 0 saturated carbocycles. The maximum Gasteiger partial charge on any atom is 0.151 e. The molecule has 96 valence electrons. The number of aromatic nitrogens is 1. The van der Waals surface area contributed by atoms with E-state index in [-0.39, 0.29) is 5.75 Å². The summed E-state index contributed by atoms with van der Waals surface area (Å²) in [7, 11) is -2.82. The molecule has 1 fully saturated rings. The number of nitrogens with two attached hydrogens (primary N) is 1. The van der Waals surface area contributed by atoms with E-state index >= 15 is 0 Å². The Kier molecular flexibility index (Phi) is 4.13. The van der Waals surface area contributed by atoms with Crippen LogP contribution in [0.3, 0.4) is 0 Å². The van der Waals surface area contributed by atoms with Gasteiger partial charge in [-0.25, -0.2) is 13.4 Å². The average Bonchev–Trinajstić information content (AvgIpc) is 2.66. The summed E-state index contributed by atoms with van der Waals surface area (Å²) in [5.41, 5.74) is 6.51. The van der Waals surface area contributed by atoms with Gasteiger partial charge in [0, 0.05) is 25.0 Å². The van der Waals surface area contributed by atoms with E-state index in [1.807, 2.05) is 5.38 Å². The molecule has 0 aromatic carbocycles. The second-order valence-electron chi connectivity index (χ2n) is 4.22. The molecule has 1 saturated heterocycles. The quantitative estimate of drug-likeness (QED) is 0.854. The Balaban J connectivity index is 1.95. The predicted octanol–water partition coefficient (Wildman–Crippen LogP) is 0.222. The van der Waals surface area contributed by atoms with Crippen LogP contribution in [0.25, 0.3) is 0 Å². The molecule has 1 aliphatic heterocycles. The van der Waals surface area contributed by atoms with Crippen molar-refractivity contribution in [1.82, 2.24) is 9.88 Å². The first-order valence-electron chi connectivity index (χ1n) is 5.65. The van der Waals surface area contributed by atoms with Crippen LogP contribution in [-0.4, -0.2) is 42.9 Å². The topological polar surface area (TPSA) is 76.3 Å². The van der Waals surface area contributed by atoms with Gasteiger partial charge in [-0.1, -0.05) is 0 Å². The van der Waals surface area contributed by atoms with Crippen LogP contribution in [0, 0.1) is 0 Å². The Bertz CT molecular complexity index is 470.